The molecule has 2 aromatic carbocycles. The van der Waals surface area contributed by atoms with Crippen molar-refractivity contribution < 1.29 is 4.39 Å². The second-order valence-corrected chi connectivity index (χ2v) is 8.24. The lowest BCUT2D eigenvalue weighted by Crippen LogP contribution is -2.29. The first kappa shape index (κ1) is 19.2. The van der Waals surface area contributed by atoms with Gasteiger partial charge in [0.1, 0.15) is 10.8 Å². The molecule has 0 bridgehead atoms. The van der Waals surface area contributed by atoms with Crippen molar-refractivity contribution in [3.63, 3.8) is 0 Å². The van der Waals surface area contributed by atoms with E-state index >= 15 is 0 Å². The molecule has 1 saturated heterocycles. The Hall–Kier alpha value is -2.11. The first-order valence-electron chi connectivity index (χ1n) is 9.45. The summed E-state index contributed by atoms with van der Waals surface area (Å²) < 4.78 is 13.9. The van der Waals surface area contributed by atoms with Gasteiger partial charge in [-0.05, 0) is 55.7 Å². The van der Waals surface area contributed by atoms with Gasteiger partial charge in [-0.25, -0.2) is 4.39 Å². The molecule has 6 heteroatoms. The Morgan fingerprint density at radius 1 is 0.929 bits per heavy atom. The highest BCUT2D eigenvalue weighted by Crippen LogP contribution is 2.28. The van der Waals surface area contributed by atoms with Crippen LogP contribution in [0.2, 0.25) is 5.02 Å². The summed E-state index contributed by atoms with van der Waals surface area (Å²) in [4.78, 5) is 2.44. The molecule has 0 amide bonds. The van der Waals surface area contributed by atoms with Gasteiger partial charge >= 0.3 is 0 Å². The van der Waals surface area contributed by atoms with Crippen LogP contribution in [0.4, 0.5) is 10.1 Å². The van der Waals surface area contributed by atoms with Crippen LogP contribution in [0.1, 0.15) is 24.8 Å². The molecule has 0 saturated carbocycles. The quantitative estimate of drug-likeness (QED) is 0.464. The monoisotopic (exact) mass is 413 g/mol. The molecule has 4 rings (SSSR count). The predicted octanol–water partition coefficient (Wildman–Crippen LogP) is 6.22. The molecular formula is C22H21ClFN3S. The Morgan fingerprint density at radius 2 is 1.71 bits per heavy atom. The van der Waals surface area contributed by atoms with Crippen LogP contribution in [-0.4, -0.2) is 23.3 Å². The molecule has 1 aliphatic heterocycles. The van der Waals surface area contributed by atoms with Gasteiger partial charge in [-0.3, -0.25) is 0 Å². The average Bonchev–Trinajstić information content (AvgIpc) is 2.75. The van der Waals surface area contributed by atoms with Gasteiger partial charge in [0, 0.05) is 40.7 Å². The molecule has 0 radical (unpaired) electrons. The number of thioether (sulfide) groups is 1. The van der Waals surface area contributed by atoms with E-state index in [1.807, 2.05) is 12.1 Å². The summed E-state index contributed by atoms with van der Waals surface area (Å²) in [5.74, 6) is 0.128. The summed E-state index contributed by atoms with van der Waals surface area (Å²) in [6, 6.07) is 17.1. The maximum absolute atomic E-state index is 13.9. The van der Waals surface area contributed by atoms with Gasteiger partial charge in [0.2, 0.25) is 0 Å². The van der Waals surface area contributed by atoms with E-state index in [1.165, 1.54) is 42.8 Å². The summed E-state index contributed by atoms with van der Waals surface area (Å²) in [5, 5.41) is 9.80. The van der Waals surface area contributed by atoms with Gasteiger partial charge in [0.05, 0.1) is 5.69 Å². The number of aromatic nitrogens is 2. The molecule has 2 heterocycles. The largest absolute Gasteiger partial charge is 0.372 e. The predicted molar refractivity (Wildman–Crippen MR) is 115 cm³/mol. The van der Waals surface area contributed by atoms with Crippen molar-refractivity contribution in [2.24, 2.45) is 0 Å². The van der Waals surface area contributed by atoms with Gasteiger partial charge in [-0.15, -0.1) is 10.2 Å². The molecule has 3 nitrogen and oxygen atoms in total. The fourth-order valence-corrected chi connectivity index (χ4v) is 4.52. The Labute approximate surface area is 173 Å². The molecule has 0 unspecified atom stereocenters. The van der Waals surface area contributed by atoms with Crippen molar-refractivity contribution in [2.75, 3.05) is 18.0 Å². The van der Waals surface area contributed by atoms with E-state index in [0.29, 0.717) is 16.3 Å². The second-order valence-electron chi connectivity index (χ2n) is 6.84. The number of halogens is 2. The SMILES string of the molecule is Fc1cccc(Cl)c1CSc1ccc(-c2ccc(N3CCCCC3)cc2)nn1. The summed E-state index contributed by atoms with van der Waals surface area (Å²) >= 11 is 7.50. The van der Waals surface area contributed by atoms with E-state index in [9.17, 15) is 4.39 Å². The topological polar surface area (TPSA) is 29.0 Å². The minimum atomic E-state index is -0.293. The van der Waals surface area contributed by atoms with Crippen LogP contribution in [0.15, 0.2) is 59.6 Å². The van der Waals surface area contributed by atoms with E-state index in [1.54, 1.807) is 12.1 Å². The highest BCUT2D eigenvalue weighted by Gasteiger charge is 2.12. The van der Waals surface area contributed by atoms with E-state index in [-0.39, 0.29) is 5.82 Å². The maximum Gasteiger partial charge on any atom is 0.128 e. The van der Waals surface area contributed by atoms with Gasteiger partial charge in [0.25, 0.3) is 0 Å². The summed E-state index contributed by atoms with van der Waals surface area (Å²) in [7, 11) is 0. The Kier molecular flexibility index (Phi) is 6.13. The molecule has 0 N–H and O–H groups in total. The second kappa shape index (κ2) is 8.93. The number of hydrogen-bond donors (Lipinski definition) is 0. The molecule has 1 fully saturated rings. The van der Waals surface area contributed by atoms with E-state index in [0.717, 1.165) is 29.4 Å². The van der Waals surface area contributed by atoms with Crippen LogP contribution in [0.25, 0.3) is 11.3 Å². The first-order valence-corrected chi connectivity index (χ1v) is 10.8. The molecule has 0 spiro atoms. The average molecular weight is 414 g/mol. The van der Waals surface area contributed by atoms with E-state index in [4.69, 9.17) is 11.6 Å². The lowest BCUT2D eigenvalue weighted by Gasteiger charge is -2.28. The number of benzene rings is 2. The molecule has 28 heavy (non-hydrogen) atoms. The van der Waals surface area contributed by atoms with Gasteiger partial charge in [-0.1, -0.05) is 41.6 Å². The highest BCUT2D eigenvalue weighted by molar-refractivity contribution is 7.98. The Bertz CT molecular complexity index is 905. The zero-order chi connectivity index (χ0) is 19.3. The minimum absolute atomic E-state index is 0.293. The fraction of sp³-hybridized carbons (Fsp3) is 0.273. The highest BCUT2D eigenvalue weighted by atomic mass is 35.5. The molecule has 0 aliphatic carbocycles. The van der Waals surface area contributed by atoms with Crippen molar-refractivity contribution in [1.29, 1.82) is 0 Å². The van der Waals surface area contributed by atoms with Crippen LogP contribution in [0.5, 0.6) is 0 Å². The normalized spacial score (nSPS) is 14.3. The Balaban J connectivity index is 1.41. The first-order chi connectivity index (χ1) is 13.7. The van der Waals surface area contributed by atoms with Crippen LogP contribution >= 0.6 is 23.4 Å². The number of rotatable bonds is 5. The number of nitrogens with zero attached hydrogens (tertiary/aromatic N) is 3. The van der Waals surface area contributed by atoms with Gasteiger partial charge < -0.3 is 4.90 Å². The number of piperidine rings is 1. The zero-order valence-electron chi connectivity index (χ0n) is 15.4. The Morgan fingerprint density at radius 3 is 2.39 bits per heavy atom. The third-order valence-electron chi connectivity index (χ3n) is 4.95. The number of anilines is 1. The fourth-order valence-electron chi connectivity index (χ4n) is 3.36. The molecule has 1 aliphatic rings. The van der Waals surface area contributed by atoms with Crippen molar-refractivity contribution in [3.8, 4) is 11.3 Å². The zero-order valence-corrected chi connectivity index (χ0v) is 17.0. The van der Waals surface area contributed by atoms with E-state index in [2.05, 4.69) is 39.4 Å². The molecular weight excluding hydrogens is 393 g/mol. The van der Waals surface area contributed by atoms with Crippen molar-refractivity contribution in [3.05, 3.63) is 71.0 Å². The van der Waals surface area contributed by atoms with Gasteiger partial charge in [0.15, 0.2) is 0 Å². The summed E-state index contributed by atoms with van der Waals surface area (Å²) in [5.41, 5.74) is 3.64. The lowest BCUT2D eigenvalue weighted by molar-refractivity contribution is 0.578. The van der Waals surface area contributed by atoms with E-state index < -0.39 is 0 Å². The van der Waals surface area contributed by atoms with Crippen LogP contribution in [-0.2, 0) is 5.75 Å². The summed E-state index contributed by atoms with van der Waals surface area (Å²) in [6.45, 7) is 2.27. The molecule has 3 aromatic rings. The third kappa shape index (κ3) is 4.47. The maximum atomic E-state index is 13.9. The standard InChI is InChI=1S/C22H21ClFN3S/c23-19-5-4-6-20(24)18(19)15-28-22-12-11-21(25-26-22)16-7-9-17(10-8-16)27-13-2-1-3-14-27/h4-12H,1-3,13-15H2. The molecule has 1 aromatic heterocycles. The molecule has 0 atom stereocenters. The molecule has 144 valence electrons. The van der Waals surface area contributed by atoms with Crippen molar-refractivity contribution >= 4 is 29.1 Å². The number of hydrogen-bond acceptors (Lipinski definition) is 4. The smallest absolute Gasteiger partial charge is 0.128 e. The van der Waals surface area contributed by atoms with Crippen LogP contribution in [0.3, 0.4) is 0 Å². The summed E-state index contributed by atoms with van der Waals surface area (Å²) in [6.07, 6.45) is 3.87. The van der Waals surface area contributed by atoms with Crippen LogP contribution < -0.4 is 4.90 Å². The van der Waals surface area contributed by atoms with Crippen LogP contribution in [0, 0.1) is 5.82 Å². The van der Waals surface area contributed by atoms with Crippen molar-refractivity contribution in [1.82, 2.24) is 10.2 Å². The van der Waals surface area contributed by atoms with Gasteiger partial charge in [-0.2, -0.15) is 0 Å². The lowest BCUT2D eigenvalue weighted by atomic mass is 10.1. The third-order valence-corrected chi connectivity index (χ3v) is 6.25. The van der Waals surface area contributed by atoms with Crippen molar-refractivity contribution in [2.45, 2.75) is 30.0 Å². The minimum Gasteiger partial charge on any atom is -0.372 e.